The van der Waals surface area contributed by atoms with Crippen LogP contribution < -0.4 is 4.90 Å². The zero-order valence-corrected chi connectivity index (χ0v) is 12.5. The molecule has 1 saturated heterocycles. The molecule has 0 aliphatic carbocycles. The van der Waals surface area contributed by atoms with Crippen LogP contribution in [-0.2, 0) is 0 Å². The number of rotatable bonds is 2. The molecular weight excluding hydrogens is 290 g/mol. The number of nitrogens with zero attached hydrogens (tertiary/aromatic N) is 4. The number of piperazine rings is 1. The molecule has 1 N–H and O–H groups in total. The van der Waals surface area contributed by atoms with Gasteiger partial charge in [0.05, 0.1) is 0 Å². The molecule has 0 spiro atoms. The number of hydrogen-bond donors (Lipinski definition) is 1. The molecule has 0 radical (unpaired) electrons. The molecule has 0 unspecified atom stereocenters. The molecule has 1 amide bonds. The third kappa shape index (κ3) is 2.85. The number of anilines is 1. The highest BCUT2D eigenvalue weighted by Crippen LogP contribution is 2.19. The van der Waals surface area contributed by atoms with Gasteiger partial charge in [-0.1, -0.05) is 17.7 Å². The van der Waals surface area contributed by atoms with E-state index in [4.69, 9.17) is 11.6 Å². The van der Waals surface area contributed by atoms with Crippen LogP contribution in [0.1, 0.15) is 15.9 Å². The fourth-order valence-electron chi connectivity index (χ4n) is 2.38. The smallest absolute Gasteiger partial charge is 0.254 e. The molecule has 0 atom stereocenters. The number of aryl methyl sites for hydroxylation is 1. The van der Waals surface area contributed by atoms with Gasteiger partial charge in [-0.25, -0.2) is 5.10 Å². The third-order valence-electron chi connectivity index (χ3n) is 3.69. The molecular formula is C14H16ClN5O. The van der Waals surface area contributed by atoms with Crippen LogP contribution in [0.25, 0.3) is 0 Å². The van der Waals surface area contributed by atoms with E-state index in [9.17, 15) is 4.79 Å². The molecule has 3 rings (SSSR count). The molecule has 1 fully saturated rings. The summed E-state index contributed by atoms with van der Waals surface area (Å²) in [4.78, 5) is 20.5. The Morgan fingerprint density at radius 1 is 1.29 bits per heavy atom. The normalized spacial score (nSPS) is 15.3. The zero-order valence-electron chi connectivity index (χ0n) is 11.7. The first-order valence-electron chi connectivity index (χ1n) is 6.81. The minimum Gasteiger partial charge on any atom is -0.338 e. The lowest BCUT2D eigenvalue weighted by Gasteiger charge is -2.34. The van der Waals surface area contributed by atoms with E-state index >= 15 is 0 Å². The van der Waals surface area contributed by atoms with E-state index < -0.39 is 0 Å². The third-order valence-corrected chi connectivity index (χ3v) is 4.09. The summed E-state index contributed by atoms with van der Waals surface area (Å²) in [6, 6.07) is 5.44. The fraction of sp³-hybridized carbons (Fsp3) is 0.357. The highest BCUT2D eigenvalue weighted by Gasteiger charge is 2.23. The predicted molar refractivity (Wildman–Crippen MR) is 80.7 cm³/mol. The van der Waals surface area contributed by atoms with Gasteiger partial charge in [-0.3, -0.25) is 4.79 Å². The first-order valence-corrected chi connectivity index (χ1v) is 7.18. The molecule has 0 saturated carbocycles. The van der Waals surface area contributed by atoms with Crippen LogP contribution in [0.15, 0.2) is 24.5 Å². The van der Waals surface area contributed by atoms with E-state index in [0.29, 0.717) is 23.7 Å². The Balaban J connectivity index is 1.66. The second kappa shape index (κ2) is 5.73. The van der Waals surface area contributed by atoms with Gasteiger partial charge in [-0.15, -0.1) is 0 Å². The van der Waals surface area contributed by atoms with Crippen LogP contribution in [0, 0.1) is 6.92 Å². The van der Waals surface area contributed by atoms with Crippen molar-refractivity contribution >= 4 is 23.5 Å². The average Bonchev–Trinajstić information content (AvgIpc) is 3.04. The number of aromatic nitrogens is 3. The van der Waals surface area contributed by atoms with Crippen LogP contribution >= 0.6 is 11.6 Å². The molecule has 1 aromatic carbocycles. The molecule has 7 heteroatoms. The second-order valence-corrected chi connectivity index (χ2v) is 5.46. The Labute approximate surface area is 127 Å². The summed E-state index contributed by atoms with van der Waals surface area (Å²) < 4.78 is 0. The molecule has 21 heavy (non-hydrogen) atoms. The number of benzene rings is 1. The maximum Gasteiger partial charge on any atom is 0.254 e. The number of hydrogen-bond acceptors (Lipinski definition) is 4. The maximum atomic E-state index is 12.5. The van der Waals surface area contributed by atoms with Gasteiger partial charge in [0.25, 0.3) is 5.91 Å². The molecule has 1 aliphatic rings. The lowest BCUT2D eigenvalue weighted by molar-refractivity contribution is 0.0746. The maximum absolute atomic E-state index is 12.5. The Bertz CT molecular complexity index is 635. The van der Waals surface area contributed by atoms with Crippen molar-refractivity contribution in [1.82, 2.24) is 20.1 Å². The lowest BCUT2D eigenvalue weighted by Crippen LogP contribution is -2.49. The molecule has 2 aromatic rings. The minimum absolute atomic E-state index is 0.0223. The molecule has 1 aromatic heterocycles. The Kier molecular flexibility index (Phi) is 3.79. The van der Waals surface area contributed by atoms with E-state index in [2.05, 4.69) is 20.1 Å². The lowest BCUT2D eigenvalue weighted by atomic mass is 10.1. The van der Waals surface area contributed by atoms with Gasteiger partial charge in [0.15, 0.2) is 0 Å². The molecule has 6 nitrogen and oxygen atoms in total. The van der Waals surface area contributed by atoms with Crippen molar-refractivity contribution in [2.75, 3.05) is 31.1 Å². The molecule has 1 aliphatic heterocycles. The van der Waals surface area contributed by atoms with Crippen molar-refractivity contribution in [2.24, 2.45) is 0 Å². The Morgan fingerprint density at radius 3 is 2.67 bits per heavy atom. The summed E-state index contributed by atoms with van der Waals surface area (Å²) >= 11 is 6.09. The van der Waals surface area contributed by atoms with E-state index in [1.54, 1.807) is 6.07 Å². The van der Waals surface area contributed by atoms with Crippen LogP contribution in [0.5, 0.6) is 0 Å². The monoisotopic (exact) mass is 305 g/mol. The number of amides is 1. The van der Waals surface area contributed by atoms with Crippen molar-refractivity contribution in [1.29, 1.82) is 0 Å². The quantitative estimate of drug-likeness (QED) is 0.917. The van der Waals surface area contributed by atoms with Crippen molar-refractivity contribution in [3.8, 4) is 0 Å². The number of nitrogens with one attached hydrogen (secondary N) is 1. The number of halogens is 1. The summed E-state index contributed by atoms with van der Waals surface area (Å²) in [6.45, 7) is 4.71. The summed E-state index contributed by atoms with van der Waals surface area (Å²) in [5.74, 6) is 0.773. The Hall–Kier alpha value is -2.08. The van der Waals surface area contributed by atoms with Crippen molar-refractivity contribution in [3.05, 3.63) is 40.7 Å². The topological polar surface area (TPSA) is 65.1 Å². The van der Waals surface area contributed by atoms with E-state index in [0.717, 1.165) is 24.6 Å². The number of aromatic amines is 1. The summed E-state index contributed by atoms with van der Waals surface area (Å²) in [6.07, 6.45) is 1.49. The largest absolute Gasteiger partial charge is 0.338 e. The SMILES string of the molecule is Cc1ccc(C(=O)N2CCN(c3ncn[nH]3)CC2)cc1Cl. The van der Waals surface area contributed by atoms with E-state index in [1.807, 2.05) is 24.0 Å². The number of carbonyl (C=O) groups is 1. The fourth-order valence-corrected chi connectivity index (χ4v) is 2.56. The molecule has 110 valence electrons. The van der Waals surface area contributed by atoms with Crippen LogP contribution in [0.4, 0.5) is 5.95 Å². The van der Waals surface area contributed by atoms with Gasteiger partial charge in [-0.2, -0.15) is 10.1 Å². The number of H-pyrrole nitrogens is 1. The van der Waals surface area contributed by atoms with Gasteiger partial charge in [-0.05, 0) is 24.6 Å². The van der Waals surface area contributed by atoms with E-state index in [-0.39, 0.29) is 5.91 Å². The highest BCUT2D eigenvalue weighted by molar-refractivity contribution is 6.31. The second-order valence-electron chi connectivity index (χ2n) is 5.05. The average molecular weight is 306 g/mol. The standard InChI is InChI=1S/C14H16ClN5O/c1-10-2-3-11(8-12(10)15)13(21)19-4-6-20(7-5-19)14-16-9-17-18-14/h2-3,8-9H,4-7H2,1H3,(H,16,17,18). The molecule has 0 bridgehead atoms. The molecule has 2 heterocycles. The summed E-state index contributed by atoms with van der Waals surface area (Å²) in [5, 5.41) is 7.31. The van der Waals surface area contributed by atoms with Gasteiger partial charge in [0.2, 0.25) is 5.95 Å². The Morgan fingerprint density at radius 2 is 2.05 bits per heavy atom. The summed E-state index contributed by atoms with van der Waals surface area (Å²) in [5.41, 5.74) is 1.61. The number of carbonyl (C=O) groups excluding carboxylic acids is 1. The van der Waals surface area contributed by atoms with Gasteiger partial charge in [0, 0.05) is 36.8 Å². The van der Waals surface area contributed by atoms with Crippen LogP contribution in [-0.4, -0.2) is 52.2 Å². The van der Waals surface area contributed by atoms with Gasteiger partial charge in [0.1, 0.15) is 6.33 Å². The predicted octanol–water partition coefficient (Wildman–Crippen LogP) is 1.73. The van der Waals surface area contributed by atoms with Gasteiger partial charge >= 0.3 is 0 Å². The van der Waals surface area contributed by atoms with Crippen molar-refractivity contribution in [3.63, 3.8) is 0 Å². The zero-order chi connectivity index (χ0) is 14.8. The van der Waals surface area contributed by atoms with Gasteiger partial charge < -0.3 is 9.80 Å². The van der Waals surface area contributed by atoms with Crippen molar-refractivity contribution in [2.45, 2.75) is 6.92 Å². The first-order chi connectivity index (χ1) is 10.1. The van der Waals surface area contributed by atoms with Crippen molar-refractivity contribution < 1.29 is 4.79 Å². The summed E-state index contributed by atoms with van der Waals surface area (Å²) in [7, 11) is 0. The van der Waals surface area contributed by atoms with Crippen LogP contribution in [0.2, 0.25) is 5.02 Å². The minimum atomic E-state index is 0.0223. The first kappa shape index (κ1) is 13.9. The van der Waals surface area contributed by atoms with E-state index in [1.165, 1.54) is 6.33 Å². The highest BCUT2D eigenvalue weighted by atomic mass is 35.5. The van der Waals surface area contributed by atoms with Crippen LogP contribution in [0.3, 0.4) is 0 Å².